The summed E-state index contributed by atoms with van der Waals surface area (Å²) in [5.74, 6) is -0.607. The number of nitrogens with one attached hydrogen (secondary N) is 1. The third kappa shape index (κ3) is 3.85. The summed E-state index contributed by atoms with van der Waals surface area (Å²) in [7, 11) is 0. The van der Waals surface area contributed by atoms with Gasteiger partial charge in [-0.05, 0) is 31.4 Å². The fraction of sp³-hybridized carbons (Fsp3) is 0.333. The molecule has 4 nitrogen and oxygen atoms in total. The van der Waals surface area contributed by atoms with Gasteiger partial charge in [0.15, 0.2) is 5.57 Å². The second kappa shape index (κ2) is 7.22. The van der Waals surface area contributed by atoms with E-state index in [-0.39, 0.29) is 12.2 Å². The fourth-order valence-electron chi connectivity index (χ4n) is 1.72. The molecular formula is C15H18N2O2. The Hall–Kier alpha value is -2.28. The van der Waals surface area contributed by atoms with Gasteiger partial charge in [-0.3, -0.25) is 0 Å². The lowest BCUT2D eigenvalue weighted by molar-refractivity contribution is -0.138. The zero-order valence-corrected chi connectivity index (χ0v) is 11.5. The van der Waals surface area contributed by atoms with Crippen molar-refractivity contribution in [3.05, 3.63) is 41.1 Å². The van der Waals surface area contributed by atoms with E-state index in [1.807, 2.05) is 31.2 Å². The van der Waals surface area contributed by atoms with Gasteiger partial charge < -0.3 is 10.1 Å². The summed E-state index contributed by atoms with van der Waals surface area (Å²) >= 11 is 0. The Morgan fingerprint density at radius 1 is 1.47 bits per heavy atom. The van der Waals surface area contributed by atoms with Crippen molar-refractivity contribution < 1.29 is 9.53 Å². The molecule has 0 aliphatic heterocycles. The molecule has 1 rings (SSSR count). The predicted octanol–water partition coefficient (Wildman–Crippen LogP) is 2.94. The summed E-state index contributed by atoms with van der Waals surface area (Å²) in [6.07, 6.45) is 2.28. The molecule has 0 aliphatic carbocycles. The number of esters is 1. The van der Waals surface area contributed by atoms with Crippen LogP contribution in [0.5, 0.6) is 0 Å². The summed E-state index contributed by atoms with van der Waals surface area (Å²) in [5.41, 5.74) is 3.10. The van der Waals surface area contributed by atoms with Crippen molar-refractivity contribution in [3.63, 3.8) is 0 Å². The van der Waals surface area contributed by atoms with Crippen LogP contribution in [0.3, 0.4) is 0 Å². The smallest absolute Gasteiger partial charge is 0.350 e. The third-order valence-corrected chi connectivity index (χ3v) is 2.72. The van der Waals surface area contributed by atoms with Crippen molar-refractivity contribution in [1.29, 1.82) is 5.26 Å². The van der Waals surface area contributed by atoms with Crippen molar-refractivity contribution in [3.8, 4) is 6.07 Å². The topological polar surface area (TPSA) is 62.1 Å². The molecule has 1 aromatic rings. The highest BCUT2D eigenvalue weighted by Crippen LogP contribution is 2.21. The van der Waals surface area contributed by atoms with Gasteiger partial charge in [0, 0.05) is 11.9 Å². The van der Waals surface area contributed by atoms with Crippen LogP contribution in [0.4, 0.5) is 5.69 Å². The average molecular weight is 258 g/mol. The molecular weight excluding hydrogens is 240 g/mol. The second-order valence-corrected chi connectivity index (χ2v) is 4.00. The molecule has 0 bridgehead atoms. The number of hydrogen-bond acceptors (Lipinski definition) is 4. The summed E-state index contributed by atoms with van der Waals surface area (Å²) in [5, 5.41) is 12.0. The molecule has 1 aromatic carbocycles. The molecule has 100 valence electrons. The maximum Gasteiger partial charge on any atom is 0.350 e. The lowest BCUT2D eigenvalue weighted by Crippen LogP contribution is -2.08. The Labute approximate surface area is 113 Å². The summed E-state index contributed by atoms with van der Waals surface area (Å²) < 4.78 is 4.80. The van der Waals surface area contributed by atoms with Crippen molar-refractivity contribution in [2.45, 2.75) is 27.2 Å². The molecule has 0 amide bonds. The standard InChI is InChI=1S/C15H18N2O2/c1-4-12-8-6-7-11(3)14(12)17-10-13(9-16)15(18)19-5-2/h6-8,10,17H,4-5H2,1-3H3. The molecule has 0 heterocycles. The van der Waals surface area contributed by atoms with Crippen LogP contribution in [-0.2, 0) is 16.0 Å². The number of hydrogen-bond donors (Lipinski definition) is 1. The molecule has 0 aliphatic rings. The highest BCUT2D eigenvalue weighted by molar-refractivity contribution is 5.93. The van der Waals surface area contributed by atoms with Crippen molar-refractivity contribution in [2.24, 2.45) is 0 Å². The van der Waals surface area contributed by atoms with Gasteiger partial charge in [-0.15, -0.1) is 0 Å². The fourth-order valence-corrected chi connectivity index (χ4v) is 1.72. The Morgan fingerprint density at radius 2 is 2.21 bits per heavy atom. The van der Waals surface area contributed by atoms with E-state index in [2.05, 4.69) is 12.2 Å². The molecule has 4 heteroatoms. The van der Waals surface area contributed by atoms with Crippen molar-refractivity contribution in [1.82, 2.24) is 0 Å². The van der Waals surface area contributed by atoms with Gasteiger partial charge in [0.1, 0.15) is 6.07 Å². The van der Waals surface area contributed by atoms with E-state index in [4.69, 9.17) is 10.00 Å². The van der Waals surface area contributed by atoms with Gasteiger partial charge in [-0.1, -0.05) is 25.1 Å². The zero-order chi connectivity index (χ0) is 14.3. The first-order valence-corrected chi connectivity index (χ1v) is 6.26. The number of ether oxygens (including phenoxy) is 1. The van der Waals surface area contributed by atoms with Gasteiger partial charge in [-0.2, -0.15) is 5.26 Å². The van der Waals surface area contributed by atoms with E-state index in [0.717, 1.165) is 23.2 Å². The van der Waals surface area contributed by atoms with Crippen LogP contribution in [0.25, 0.3) is 0 Å². The normalized spacial score (nSPS) is 10.7. The van der Waals surface area contributed by atoms with E-state index in [0.29, 0.717) is 0 Å². The molecule has 0 saturated carbocycles. The van der Waals surface area contributed by atoms with Crippen LogP contribution in [0, 0.1) is 18.3 Å². The lowest BCUT2D eigenvalue weighted by Gasteiger charge is -2.11. The van der Waals surface area contributed by atoms with Crippen LogP contribution in [0.1, 0.15) is 25.0 Å². The van der Waals surface area contributed by atoms with Crippen LogP contribution in [-0.4, -0.2) is 12.6 Å². The molecule has 0 fully saturated rings. The minimum absolute atomic E-state index is 0.0350. The van der Waals surface area contributed by atoms with E-state index >= 15 is 0 Å². The molecule has 0 saturated heterocycles. The molecule has 19 heavy (non-hydrogen) atoms. The number of nitrogens with zero attached hydrogens (tertiary/aromatic N) is 1. The van der Waals surface area contributed by atoms with E-state index < -0.39 is 5.97 Å². The molecule has 0 aromatic heterocycles. The van der Waals surface area contributed by atoms with Gasteiger partial charge in [0.05, 0.1) is 6.61 Å². The largest absolute Gasteiger partial charge is 0.462 e. The number of rotatable bonds is 5. The van der Waals surface area contributed by atoms with Gasteiger partial charge in [-0.25, -0.2) is 4.79 Å². The first-order valence-electron chi connectivity index (χ1n) is 6.26. The Bertz CT molecular complexity index is 527. The molecule has 0 spiro atoms. The summed E-state index contributed by atoms with van der Waals surface area (Å²) in [6, 6.07) is 7.82. The summed E-state index contributed by atoms with van der Waals surface area (Å²) in [6.45, 7) is 5.99. The second-order valence-electron chi connectivity index (χ2n) is 4.00. The Morgan fingerprint density at radius 3 is 2.79 bits per heavy atom. The monoisotopic (exact) mass is 258 g/mol. The Balaban J connectivity index is 2.97. The van der Waals surface area contributed by atoms with Gasteiger partial charge >= 0.3 is 5.97 Å². The SMILES string of the molecule is CCOC(=O)C(C#N)=CNc1c(C)cccc1CC. The number of anilines is 1. The third-order valence-electron chi connectivity index (χ3n) is 2.72. The van der Waals surface area contributed by atoms with E-state index in [9.17, 15) is 4.79 Å². The molecule has 0 unspecified atom stereocenters. The number of aryl methyl sites for hydroxylation is 2. The predicted molar refractivity (Wildman–Crippen MR) is 74.5 cm³/mol. The highest BCUT2D eigenvalue weighted by Gasteiger charge is 2.10. The van der Waals surface area contributed by atoms with Crippen LogP contribution >= 0.6 is 0 Å². The highest BCUT2D eigenvalue weighted by atomic mass is 16.5. The minimum atomic E-state index is -0.607. The van der Waals surface area contributed by atoms with Gasteiger partial charge in [0.2, 0.25) is 0 Å². The zero-order valence-electron chi connectivity index (χ0n) is 11.5. The van der Waals surface area contributed by atoms with E-state index in [1.54, 1.807) is 6.92 Å². The number of para-hydroxylation sites is 1. The first kappa shape index (κ1) is 14.8. The van der Waals surface area contributed by atoms with Gasteiger partial charge in [0.25, 0.3) is 0 Å². The van der Waals surface area contributed by atoms with Crippen LogP contribution in [0.15, 0.2) is 30.0 Å². The number of carbonyl (C=O) groups excluding carboxylic acids is 1. The quantitative estimate of drug-likeness (QED) is 0.501. The maximum absolute atomic E-state index is 11.5. The lowest BCUT2D eigenvalue weighted by atomic mass is 10.1. The van der Waals surface area contributed by atoms with Crippen LogP contribution < -0.4 is 5.32 Å². The number of nitriles is 1. The Kier molecular flexibility index (Phi) is 5.62. The molecule has 0 radical (unpaired) electrons. The molecule has 0 atom stereocenters. The minimum Gasteiger partial charge on any atom is -0.462 e. The molecule has 1 N–H and O–H groups in total. The number of carbonyl (C=O) groups is 1. The van der Waals surface area contributed by atoms with Crippen molar-refractivity contribution in [2.75, 3.05) is 11.9 Å². The van der Waals surface area contributed by atoms with Crippen molar-refractivity contribution >= 4 is 11.7 Å². The summed E-state index contributed by atoms with van der Waals surface area (Å²) in [4.78, 5) is 11.5. The number of benzene rings is 1. The average Bonchev–Trinajstić information content (AvgIpc) is 2.41. The first-order chi connectivity index (χ1) is 9.13. The maximum atomic E-state index is 11.5. The van der Waals surface area contributed by atoms with E-state index in [1.165, 1.54) is 6.20 Å². The van der Waals surface area contributed by atoms with Crippen LogP contribution in [0.2, 0.25) is 0 Å².